The van der Waals surface area contributed by atoms with Crippen molar-refractivity contribution in [3.05, 3.63) is 11.4 Å². The summed E-state index contributed by atoms with van der Waals surface area (Å²) in [6.07, 6.45) is 5.51. The highest BCUT2D eigenvalue weighted by Gasteiger charge is 2.29. The molecule has 0 spiro atoms. The number of aromatic nitrogens is 2. The third kappa shape index (κ3) is 2.80. The molecule has 1 heterocycles. The molecule has 0 unspecified atom stereocenters. The van der Waals surface area contributed by atoms with E-state index in [-0.39, 0.29) is 18.6 Å². The average Bonchev–Trinajstić information content (AvgIpc) is 2.70. The summed E-state index contributed by atoms with van der Waals surface area (Å²) in [4.78, 5) is 14.5. The highest BCUT2D eigenvalue weighted by molar-refractivity contribution is 5.98. The van der Waals surface area contributed by atoms with Crippen LogP contribution in [-0.4, -0.2) is 44.9 Å². The largest absolute Gasteiger partial charge is 0.395 e. The molecule has 1 aliphatic rings. The van der Waals surface area contributed by atoms with Gasteiger partial charge in [-0.1, -0.05) is 19.3 Å². The van der Waals surface area contributed by atoms with Crippen molar-refractivity contribution in [1.82, 2.24) is 14.7 Å². The van der Waals surface area contributed by atoms with Crippen molar-refractivity contribution in [3.8, 4) is 0 Å². The molecule has 1 fully saturated rings. The van der Waals surface area contributed by atoms with Crippen molar-refractivity contribution in [2.45, 2.75) is 45.1 Å². The van der Waals surface area contributed by atoms with Crippen molar-refractivity contribution in [2.24, 2.45) is 7.05 Å². The summed E-state index contributed by atoms with van der Waals surface area (Å²) in [6, 6.07) is 0.206. The van der Waals surface area contributed by atoms with E-state index in [2.05, 4.69) is 5.10 Å². The SMILES string of the molecule is Cc1nn(C)c(C(=O)N(CCO)C2CCCCC2)c1N. The van der Waals surface area contributed by atoms with Gasteiger partial charge in [0, 0.05) is 19.6 Å². The molecule has 1 aromatic heterocycles. The molecular formula is C14H24N4O2. The number of rotatable bonds is 4. The van der Waals surface area contributed by atoms with E-state index in [1.54, 1.807) is 23.6 Å². The van der Waals surface area contributed by atoms with Crippen LogP contribution in [0.5, 0.6) is 0 Å². The van der Waals surface area contributed by atoms with E-state index in [0.29, 0.717) is 23.6 Å². The topological polar surface area (TPSA) is 84.4 Å². The molecule has 20 heavy (non-hydrogen) atoms. The Labute approximate surface area is 119 Å². The third-order valence-corrected chi connectivity index (χ3v) is 4.09. The Bertz CT molecular complexity index is 478. The van der Waals surface area contributed by atoms with Gasteiger partial charge in [-0.05, 0) is 19.8 Å². The number of aryl methyl sites for hydroxylation is 2. The number of carbonyl (C=O) groups excluding carboxylic acids is 1. The van der Waals surface area contributed by atoms with Crippen LogP contribution in [0, 0.1) is 6.92 Å². The molecule has 0 saturated heterocycles. The minimum atomic E-state index is -0.119. The van der Waals surface area contributed by atoms with Gasteiger partial charge in [-0.25, -0.2) is 0 Å². The van der Waals surface area contributed by atoms with Crippen LogP contribution in [0.4, 0.5) is 5.69 Å². The molecule has 112 valence electrons. The minimum absolute atomic E-state index is 0.0288. The van der Waals surface area contributed by atoms with E-state index in [0.717, 1.165) is 25.7 Å². The van der Waals surface area contributed by atoms with E-state index in [1.165, 1.54) is 6.42 Å². The van der Waals surface area contributed by atoms with Crippen LogP contribution in [0.3, 0.4) is 0 Å². The second-order valence-electron chi connectivity index (χ2n) is 5.49. The van der Waals surface area contributed by atoms with Gasteiger partial charge < -0.3 is 15.7 Å². The van der Waals surface area contributed by atoms with Crippen LogP contribution in [-0.2, 0) is 7.05 Å². The first-order valence-electron chi connectivity index (χ1n) is 7.27. The predicted octanol–water partition coefficient (Wildman–Crippen LogP) is 1.08. The van der Waals surface area contributed by atoms with Crippen molar-refractivity contribution in [1.29, 1.82) is 0 Å². The lowest BCUT2D eigenvalue weighted by Crippen LogP contribution is -2.44. The van der Waals surface area contributed by atoms with Gasteiger partial charge in [-0.15, -0.1) is 0 Å². The van der Waals surface area contributed by atoms with Crippen LogP contribution < -0.4 is 5.73 Å². The summed E-state index contributed by atoms with van der Waals surface area (Å²) in [5, 5.41) is 13.5. The first kappa shape index (κ1) is 14.8. The molecule has 1 aromatic rings. The fourth-order valence-electron chi connectivity index (χ4n) is 3.01. The lowest BCUT2D eigenvalue weighted by atomic mass is 9.94. The zero-order valence-electron chi connectivity index (χ0n) is 12.3. The van der Waals surface area contributed by atoms with Gasteiger partial charge in [-0.2, -0.15) is 5.10 Å². The number of carbonyl (C=O) groups is 1. The molecule has 0 aromatic carbocycles. The minimum Gasteiger partial charge on any atom is -0.395 e. The Kier molecular flexibility index (Phi) is 4.65. The molecule has 1 saturated carbocycles. The smallest absolute Gasteiger partial charge is 0.274 e. The van der Waals surface area contributed by atoms with Gasteiger partial charge in [0.15, 0.2) is 0 Å². The molecule has 6 nitrogen and oxygen atoms in total. The normalized spacial score (nSPS) is 16.4. The van der Waals surface area contributed by atoms with Crippen LogP contribution in [0.2, 0.25) is 0 Å². The summed E-state index contributed by atoms with van der Waals surface area (Å²) in [5.41, 5.74) is 7.52. The second kappa shape index (κ2) is 6.26. The van der Waals surface area contributed by atoms with Crippen LogP contribution in [0.25, 0.3) is 0 Å². The van der Waals surface area contributed by atoms with E-state index >= 15 is 0 Å². The summed E-state index contributed by atoms with van der Waals surface area (Å²) in [6.45, 7) is 2.12. The molecule has 0 bridgehead atoms. The van der Waals surface area contributed by atoms with Gasteiger partial charge in [0.1, 0.15) is 5.69 Å². The summed E-state index contributed by atoms with van der Waals surface area (Å²) < 4.78 is 1.54. The Morgan fingerprint density at radius 1 is 1.45 bits per heavy atom. The number of hydrogen-bond donors (Lipinski definition) is 2. The van der Waals surface area contributed by atoms with Gasteiger partial charge in [-0.3, -0.25) is 9.48 Å². The van der Waals surface area contributed by atoms with Gasteiger partial charge >= 0.3 is 0 Å². The average molecular weight is 280 g/mol. The van der Waals surface area contributed by atoms with Crippen molar-refractivity contribution >= 4 is 11.6 Å². The molecule has 0 aliphatic heterocycles. The van der Waals surface area contributed by atoms with E-state index in [1.807, 2.05) is 0 Å². The standard InChI is InChI=1S/C14H24N4O2/c1-10-12(15)13(17(2)16-10)14(20)18(8-9-19)11-6-4-3-5-7-11/h11,19H,3-9,15H2,1-2H3. The summed E-state index contributed by atoms with van der Waals surface area (Å²) in [5.74, 6) is -0.119. The number of anilines is 1. The maximum atomic E-state index is 12.8. The second-order valence-corrected chi connectivity index (χ2v) is 5.49. The number of aliphatic hydroxyl groups is 1. The quantitative estimate of drug-likeness (QED) is 0.864. The maximum Gasteiger partial charge on any atom is 0.274 e. The summed E-state index contributed by atoms with van der Waals surface area (Å²) >= 11 is 0. The van der Waals surface area contributed by atoms with E-state index < -0.39 is 0 Å². The van der Waals surface area contributed by atoms with Crippen LogP contribution >= 0.6 is 0 Å². The van der Waals surface area contributed by atoms with Crippen molar-refractivity contribution in [2.75, 3.05) is 18.9 Å². The zero-order chi connectivity index (χ0) is 14.7. The first-order chi connectivity index (χ1) is 9.56. The zero-order valence-corrected chi connectivity index (χ0v) is 12.3. The van der Waals surface area contributed by atoms with Crippen LogP contribution in [0.1, 0.15) is 48.3 Å². The monoisotopic (exact) mass is 280 g/mol. The number of hydrogen-bond acceptors (Lipinski definition) is 4. The Hall–Kier alpha value is -1.56. The number of amides is 1. The predicted molar refractivity (Wildman–Crippen MR) is 77.4 cm³/mol. The highest BCUT2D eigenvalue weighted by atomic mass is 16.3. The van der Waals surface area contributed by atoms with Crippen molar-refractivity contribution in [3.63, 3.8) is 0 Å². The van der Waals surface area contributed by atoms with Gasteiger partial charge in [0.25, 0.3) is 5.91 Å². The fraction of sp³-hybridized carbons (Fsp3) is 0.714. The number of nitrogens with zero attached hydrogens (tertiary/aromatic N) is 3. The Balaban J connectivity index is 2.26. The molecule has 1 aliphatic carbocycles. The number of nitrogen functional groups attached to an aromatic ring is 1. The number of nitrogens with two attached hydrogens (primary N) is 1. The molecule has 1 amide bonds. The summed E-state index contributed by atoms with van der Waals surface area (Å²) in [7, 11) is 1.73. The lowest BCUT2D eigenvalue weighted by molar-refractivity contribution is 0.0575. The Morgan fingerprint density at radius 2 is 2.10 bits per heavy atom. The van der Waals surface area contributed by atoms with Crippen LogP contribution in [0.15, 0.2) is 0 Å². The Morgan fingerprint density at radius 3 is 2.60 bits per heavy atom. The third-order valence-electron chi connectivity index (χ3n) is 4.09. The van der Waals surface area contributed by atoms with Gasteiger partial charge in [0.05, 0.1) is 18.0 Å². The highest BCUT2D eigenvalue weighted by Crippen LogP contribution is 2.25. The molecule has 0 atom stereocenters. The molecule has 3 N–H and O–H groups in total. The molecule has 6 heteroatoms. The van der Waals surface area contributed by atoms with E-state index in [9.17, 15) is 9.90 Å². The number of aliphatic hydroxyl groups excluding tert-OH is 1. The van der Waals surface area contributed by atoms with Gasteiger partial charge in [0.2, 0.25) is 0 Å². The maximum absolute atomic E-state index is 12.8. The van der Waals surface area contributed by atoms with Crippen molar-refractivity contribution < 1.29 is 9.90 Å². The fourth-order valence-corrected chi connectivity index (χ4v) is 3.01. The lowest BCUT2D eigenvalue weighted by Gasteiger charge is -2.34. The molecular weight excluding hydrogens is 256 g/mol. The molecule has 2 rings (SSSR count). The van der Waals surface area contributed by atoms with E-state index in [4.69, 9.17) is 5.73 Å². The molecule has 0 radical (unpaired) electrons. The first-order valence-corrected chi connectivity index (χ1v) is 7.27.